The number of nitrogens with two attached hydrogens (primary N) is 1. The van der Waals surface area contributed by atoms with E-state index in [-0.39, 0.29) is 11.1 Å². The molecule has 1 aliphatic heterocycles. The average molecular weight is 386 g/mol. The smallest absolute Gasteiger partial charge is 0.286 e. The number of amidine groups is 1. The lowest BCUT2D eigenvalue weighted by molar-refractivity contribution is -0.113. The van der Waals surface area contributed by atoms with Crippen LogP contribution in [0.25, 0.3) is 6.08 Å². The molecule has 1 amide bonds. The third-order valence-electron chi connectivity index (χ3n) is 3.40. The van der Waals surface area contributed by atoms with Crippen LogP contribution in [0.2, 0.25) is 5.02 Å². The Morgan fingerprint density at radius 2 is 2.00 bits per heavy atom. The number of aliphatic imine (C=N–C) groups is 1. The predicted octanol–water partition coefficient (Wildman–Crippen LogP) is 3.94. The van der Waals surface area contributed by atoms with Crippen molar-refractivity contribution in [3.05, 3.63) is 57.5 Å². The van der Waals surface area contributed by atoms with E-state index in [1.165, 1.54) is 13.2 Å². The van der Waals surface area contributed by atoms with Crippen LogP contribution >= 0.6 is 23.4 Å². The van der Waals surface area contributed by atoms with Crippen LogP contribution in [0.4, 0.5) is 0 Å². The fourth-order valence-electron chi connectivity index (χ4n) is 2.21. The monoisotopic (exact) mass is 385 g/mol. The fourth-order valence-corrected chi connectivity index (χ4v) is 3.11. The number of amides is 1. The Hall–Kier alpha value is -2.95. The molecule has 1 aliphatic rings. The molecule has 0 aliphatic carbocycles. The Morgan fingerprint density at radius 3 is 2.62 bits per heavy atom. The van der Waals surface area contributed by atoms with Crippen molar-refractivity contribution in [2.75, 3.05) is 7.11 Å². The van der Waals surface area contributed by atoms with Gasteiger partial charge in [-0.15, -0.1) is 0 Å². The van der Waals surface area contributed by atoms with Gasteiger partial charge >= 0.3 is 0 Å². The van der Waals surface area contributed by atoms with Gasteiger partial charge in [-0.3, -0.25) is 4.79 Å². The summed E-state index contributed by atoms with van der Waals surface area (Å²) in [5.74, 6) is 0.945. The number of halogens is 1. The quantitative estimate of drug-likeness (QED) is 0.800. The van der Waals surface area contributed by atoms with Crippen molar-refractivity contribution in [2.24, 2.45) is 10.7 Å². The summed E-state index contributed by atoms with van der Waals surface area (Å²) in [5.41, 5.74) is 6.72. The maximum absolute atomic E-state index is 11.7. The van der Waals surface area contributed by atoms with E-state index >= 15 is 0 Å². The third-order valence-corrected chi connectivity index (χ3v) is 4.51. The van der Waals surface area contributed by atoms with Crippen LogP contribution in [0.3, 0.4) is 0 Å². The number of carbonyl (C=O) groups is 1. The highest BCUT2D eigenvalue weighted by Gasteiger charge is 2.19. The molecule has 2 aromatic rings. The van der Waals surface area contributed by atoms with E-state index in [4.69, 9.17) is 32.1 Å². The Balaban J connectivity index is 1.87. The number of benzene rings is 2. The number of thioether (sulfide) groups is 1. The molecule has 0 aromatic heterocycles. The van der Waals surface area contributed by atoms with E-state index < -0.39 is 0 Å². The maximum Gasteiger partial charge on any atom is 0.286 e. The van der Waals surface area contributed by atoms with E-state index in [1.807, 2.05) is 6.07 Å². The number of hydrogen-bond donors (Lipinski definition) is 1. The summed E-state index contributed by atoms with van der Waals surface area (Å²) < 4.78 is 11.2. The number of rotatable bonds is 4. The molecular formula is C18H12ClN3O3S. The first-order valence-electron chi connectivity index (χ1n) is 7.33. The van der Waals surface area contributed by atoms with Gasteiger partial charge in [-0.05, 0) is 53.7 Å². The van der Waals surface area contributed by atoms with Gasteiger partial charge in [0, 0.05) is 0 Å². The second-order valence-corrected chi connectivity index (χ2v) is 6.60. The van der Waals surface area contributed by atoms with Crippen molar-refractivity contribution >= 4 is 40.5 Å². The van der Waals surface area contributed by atoms with Crippen LogP contribution in [-0.2, 0) is 4.79 Å². The minimum Gasteiger partial charge on any atom is -0.493 e. The highest BCUT2D eigenvalue weighted by molar-refractivity contribution is 8.18. The van der Waals surface area contributed by atoms with E-state index in [2.05, 4.69) is 4.99 Å². The summed E-state index contributed by atoms with van der Waals surface area (Å²) in [7, 11) is 1.51. The normalized spacial score (nSPS) is 14.9. The summed E-state index contributed by atoms with van der Waals surface area (Å²) >= 11 is 7.25. The maximum atomic E-state index is 11.7. The number of carbonyl (C=O) groups excluding carboxylic acids is 1. The van der Waals surface area contributed by atoms with Crippen LogP contribution in [0.1, 0.15) is 11.1 Å². The van der Waals surface area contributed by atoms with Gasteiger partial charge in [0.05, 0.1) is 28.7 Å². The Morgan fingerprint density at radius 1 is 1.23 bits per heavy atom. The first-order valence-corrected chi connectivity index (χ1v) is 8.53. The first kappa shape index (κ1) is 17.9. The van der Waals surface area contributed by atoms with Gasteiger partial charge in [-0.25, -0.2) is 0 Å². The largest absolute Gasteiger partial charge is 0.493 e. The number of hydrogen-bond acceptors (Lipinski definition) is 6. The molecule has 2 N–H and O–H groups in total. The van der Waals surface area contributed by atoms with Crippen molar-refractivity contribution in [3.8, 4) is 23.3 Å². The van der Waals surface area contributed by atoms with Crippen molar-refractivity contribution in [1.82, 2.24) is 0 Å². The second-order valence-electron chi connectivity index (χ2n) is 5.14. The molecule has 26 heavy (non-hydrogen) atoms. The summed E-state index contributed by atoms with van der Waals surface area (Å²) in [5, 5.41) is 9.43. The van der Waals surface area contributed by atoms with Gasteiger partial charge in [0.2, 0.25) is 0 Å². The molecule has 1 heterocycles. The lowest BCUT2D eigenvalue weighted by Crippen LogP contribution is -2.01. The van der Waals surface area contributed by atoms with Crippen LogP contribution in [0.5, 0.6) is 17.2 Å². The van der Waals surface area contributed by atoms with Crippen LogP contribution < -0.4 is 15.2 Å². The van der Waals surface area contributed by atoms with Gasteiger partial charge in [0.15, 0.2) is 16.7 Å². The predicted molar refractivity (Wildman–Crippen MR) is 101 cm³/mol. The minimum atomic E-state index is -0.365. The molecule has 3 rings (SSSR count). The number of nitriles is 1. The zero-order valence-corrected chi connectivity index (χ0v) is 15.1. The molecule has 0 saturated heterocycles. The van der Waals surface area contributed by atoms with E-state index in [0.717, 1.165) is 17.3 Å². The molecule has 0 atom stereocenters. The fraction of sp³-hybridized carbons (Fsp3) is 0.0556. The molecule has 0 radical (unpaired) electrons. The van der Waals surface area contributed by atoms with Crippen molar-refractivity contribution in [2.45, 2.75) is 0 Å². The van der Waals surface area contributed by atoms with Gasteiger partial charge in [0.1, 0.15) is 5.75 Å². The lowest BCUT2D eigenvalue weighted by atomic mass is 10.2. The number of methoxy groups -OCH3 is 1. The summed E-state index contributed by atoms with van der Waals surface area (Å²) in [6.07, 6.45) is 1.68. The van der Waals surface area contributed by atoms with Gasteiger partial charge in [-0.2, -0.15) is 10.3 Å². The SMILES string of the molecule is COc1cc(/C=C2\SC(N)=NC2=O)ccc1Oc1ccc(C#N)cc1Cl. The van der Waals surface area contributed by atoms with Crippen LogP contribution in [-0.4, -0.2) is 18.2 Å². The third kappa shape index (κ3) is 3.82. The second kappa shape index (κ2) is 7.52. The number of nitrogens with zero attached hydrogens (tertiary/aromatic N) is 2. The zero-order chi connectivity index (χ0) is 18.7. The van der Waals surface area contributed by atoms with Crippen molar-refractivity contribution in [1.29, 1.82) is 5.26 Å². The topological polar surface area (TPSA) is 97.7 Å². The molecule has 6 nitrogen and oxygen atoms in total. The van der Waals surface area contributed by atoms with E-state index in [0.29, 0.717) is 32.7 Å². The van der Waals surface area contributed by atoms with Crippen molar-refractivity contribution in [3.63, 3.8) is 0 Å². The van der Waals surface area contributed by atoms with E-state index in [9.17, 15) is 4.79 Å². The molecule has 0 unspecified atom stereocenters. The lowest BCUT2D eigenvalue weighted by Gasteiger charge is -2.12. The molecular weight excluding hydrogens is 374 g/mol. The first-order chi connectivity index (χ1) is 12.5. The van der Waals surface area contributed by atoms with Gasteiger partial charge < -0.3 is 15.2 Å². The molecule has 8 heteroatoms. The van der Waals surface area contributed by atoms with Gasteiger partial charge in [-0.1, -0.05) is 17.7 Å². The Bertz CT molecular complexity index is 996. The molecule has 0 spiro atoms. The zero-order valence-electron chi connectivity index (χ0n) is 13.5. The molecule has 0 bridgehead atoms. The highest BCUT2D eigenvalue weighted by Crippen LogP contribution is 2.37. The highest BCUT2D eigenvalue weighted by atomic mass is 35.5. The van der Waals surface area contributed by atoms with Crippen LogP contribution in [0, 0.1) is 11.3 Å². The molecule has 130 valence electrons. The molecule has 2 aromatic carbocycles. The van der Waals surface area contributed by atoms with Crippen molar-refractivity contribution < 1.29 is 14.3 Å². The molecule has 0 saturated carbocycles. The van der Waals surface area contributed by atoms with E-state index in [1.54, 1.807) is 36.4 Å². The average Bonchev–Trinajstić information content (AvgIpc) is 2.94. The summed E-state index contributed by atoms with van der Waals surface area (Å²) in [6.45, 7) is 0. The van der Waals surface area contributed by atoms with Crippen LogP contribution in [0.15, 0.2) is 46.3 Å². The number of ether oxygens (including phenoxy) is 2. The standard InChI is InChI=1S/C18H12ClN3O3S/c1-24-15-7-10(8-16-17(23)22-18(21)26-16)2-5-14(15)25-13-4-3-11(9-20)6-12(13)19/h2-8H,1H3,(H2,21,22,23)/b16-8-. The minimum absolute atomic E-state index is 0.226. The van der Waals surface area contributed by atoms with Gasteiger partial charge in [0.25, 0.3) is 5.91 Å². The molecule has 0 fully saturated rings. The Labute approximate surface area is 158 Å². The Kier molecular flexibility index (Phi) is 5.16. The summed E-state index contributed by atoms with van der Waals surface area (Å²) in [4.78, 5) is 15.8. The summed E-state index contributed by atoms with van der Waals surface area (Å²) in [6, 6.07) is 12.0.